The van der Waals surface area contributed by atoms with Crippen LogP contribution in [0.2, 0.25) is 18.1 Å². The fourth-order valence-electron chi connectivity index (χ4n) is 0.775. The second-order valence-electron chi connectivity index (χ2n) is 6.07. The fourth-order valence-corrected chi connectivity index (χ4v) is 2.24. The van der Waals surface area contributed by atoms with E-state index in [1.165, 1.54) is 0 Å². The van der Waals surface area contributed by atoms with Gasteiger partial charge in [-0.25, -0.2) is 8.78 Å². The maximum absolute atomic E-state index is 13.4. The first-order chi connectivity index (χ1) is 8.91. The summed E-state index contributed by atoms with van der Waals surface area (Å²) in [5.74, 6) is -3.84. The summed E-state index contributed by atoms with van der Waals surface area (Å²) in [7, 11) is -8.57. The molecule has 0 aliphatic heterocycles. The Kier molecular flexibility index (Phi) is 6.01. The molecular formula is C10H19F5O4SSi. The Labute approximate surface area is 121 Å². The smallest absolute Gasteiger partial charge is 0.411 e. The van der Waals surface area contributed by atoms with Gasteiger partial charge in [-0.05, 0) is 18.1 Å². The molecule has 128 valence electrons. The predicted molar refractivity (Wildman–Crippen MR) is 69.0 cm³/mol. The van der Waals surface area contributed by atoms with E-state index in [0.29, 0.717) is 0 Å². The first kappa shape index (κ1) is 20.7. The average Bonchev–Trinajstić information content (AvgIpc) is 2.21. The highest BCUT2D eigenvalue weighted by Crippen LogP contribution is 2.37. The largest absolute Gasteiger partial charge is 0.523 e. The van der Waals surface area contributed by atoms with Crippen LogP contribution in [0.25, 0.3) is 0 Å². The minimum atomic E-state index is -6.04. The van der Waals surface area contributed by atoms with E-state index < -0.39 is 43.1 Å². The van der Waals surface area contributed by atoms with Gasteiger partial charge in [0.1, 0.15) is 13.2 Å². The normalized spacial score (nSPS) is 15.3. The van der Waals surface area contributed by atoms with Gasteiger partial charge in [-0.1, -0.05) is 20.8 Å². The van der Waals surface area contributed by atoms with Crippen LogP contribution in [-0.4, -0.2) is 41.4 Å². The lowest BCUT2D eigenvalue weighted by Gasteiger charge is -2.37. The van der Waals surface area contributed by atoms with Crippen molar-refractivity contribution in [2.24, 2.45) is 0 Å². The number of rotatable bonds is 6. The Morgan fingerprint density at radius 3 is 1.71 bits per heavy atom. The Morgan fingerprint density at radius 2 is 1.38 bits per heavy atom. The molecule has 0 unspecified atom stereocenters. The highest BCUT2D eigenvalue weighted by Gasteiger charge is 2.49. The van der Waals surface area contributed by atoms with Crippen molar-refractivity contribution < 1.29 is 39.0 Å². The molecule has 0 aromatic carbocycles. The Balaban J connectivity index is 4.68. The predicted octanol–water partition coefficient (Wildman–Crippen LogP) is 3.51. The maximum Gasteiger partial charge on any atom is 0.523 e. The molecule has 0 heterocycles. The molecule has 0 aromatic heterocycles. The van der Waals surface area contributed by atoms with Crippen molar-refractivity contribution >= 4 is 18.4 Å². The lowest BCUT2D eigenvalue weighted by molar-refractivity contribution is -0.0891. The van der Waals surface area contributed by atoms with Crippen LogP contribution in [-0.2, 0) is 18.7 Å². The minimum absolute atomic E-state index is 0.373. The quantitative estimate of drug-likeness (QED) is 0.316. The van der Waals surface area contributed by atoms with E-state index in [9.17, 15) is 30.4 Å². The Bertz CT molecular complexity index is 453. The van der Waals surface area contributed by atoms with Gasteiger partial charge >= 0.3 is 15.6 Å². The fraction of sp³-hybridized carbons (Fsp3) is 1.00. The van der Waals surface area contributed by atoms with Crippen LogP contribution in [0.1, 0.15) is 20.8 Å². The van der Waals surface area contributed by atoms with Crippen molar-refractivity contribution in [3.63, 3.8) is 0 Å². The Morgan fingerprint density at radius 1 is 0.952 bits per heavy atom. The second kappa shape index (κ2) is 6.09. The van der Waals surface area contributed by atoms with Gasteiger partial charge in [0.25, 0.3) is 5.92 Å². The Hall–Kier alpha value is -0.263. The average molecular weight is 358 g/mol. The van der Waals surface area contributed by atoms with Gasteiger partial charge in [-0.15, -0.1) is 0 Å². The van der Waals surface area contributed by atoms with E-state index in [4.69, 9.17) is 4.43 Å². The van der Waals surface area contributed by atoms with E-state index in [2.05, 4.69) is 4.18 Å². The third-order valence-electron chi connectivity index (χ3n) is 3.16. The van der Waals surface area contributed by atoms with Crippen LogP contribution in [0.4, 0.5) is 22.0 Å². The lowest BCUT2D eigenvalue weighted by atomic mass is 10.2. The summed E-state index contributed by atoms with van der Waals surface area (Å²) in [6, 6.07) is 0. The highest BCUT2D eigenvalue weighted by molar-refractivity contribution is 7.87. The summed E-state index contributed by atoms with van der Waals surface area (Å²) < 4.78 is 92.3. The molecule has 0 saturated heterocycles. The molecule has 0 aromatic rings. The van der Waals surface area contributed by atoms with Crippen LogP contribution >= 0.6 is 0 Å². The molecule has 0 radical (unpaired) electrons. The SMILES string of the molecule is CC(C)(C)[Si](C)(C)OCC(F)(F)COS(=O)(=O)C(F)(F)F. The maximum atomic E-state index is 13.4. The topological polar surface area (TPSA) is 52.6 Å². The van der Waals surface area contributed by atoms with Gasteiger partial charge in [0.2, 0.25) is 0 Å². The molecule has 0 atom stereocenters. The molecule has 0 bridgehead atoms. The number of alkyl halides is 5. The summed E-state index contributed by atoms with van der Waals surface area (Å²) in [4.78, 5) is 0. The highest BCUT2D eigenvalue weighted by atomic mass is 32.2. The van der Waals surface area contributed by atoms with Crippen molar-refractivity contribution in [2.45, 2.75) is 50.3 Å². The van der Waals surface area contributed by atoms with Crippen LogP contribution < -0.4 is 0 Å². The number of hydrogen-bond acceptors (Lipinski definition) is 4. The third kappa shape index (κ3) is 6.16. The van der Waals surface area contributed by atoms with Crippen molar-refractivity contribution in [3.8, 4) is 0 Å². The van der Waals surface area contributed by atoms with Crippen molar-refractivity contribution in [2.75, 3.05) is 13.2 Å². The molecule has 0 amide bonds. The molecule has 0 saturated carbocycles. The molecule has 0 fully saturated rings. The standard InChI is InChI=1S/C10H19F5O4SSi/c1-8(2,3)21(4,5)19-7-9(11,12)6-18-20(16,17)10(13,14)15/h6-7H2,1-5H3. The first-order valence-corrected chi connectivity index (χ1v) is 10.2. The summed E-state index contributed by atoms with van der Waals surface area (Å²) in [5, 5.41) is -0.373. The summed E-state index contributed by atoms with van der Waals surface area (Å²) in [6.45, 7) is 5.62. The van der Waals surface area contributed by atoms with Gasteiger partial charge in [0, 0.05) is 0 Å². The van der Waals surface area contributed by atoms with Crippen molar-refractivity contribution in [3.05, 3.63) is 0 Å². The zero-order valence-corrected chi connectivity index (χ0v) is 14.2. The summed E-state index contributed by atoms with van der Waals surface area (Å²) in [5.41, 5.74) is -5.73. The molecule has 11 heteroatoms. The van der Waals surface area contributed by atoms with Gasteiger partial charge < -0.3 is 4.43 Å². The van der Waals surface area contributed by atoms with E-state index in [-0.39, 0.29) is 5.04 Å². The third-order valence-corrected chi connectivity index (χ3v) is 8.63. The van der Waals surface area contributed by atoms with Gasteiger partial charge in [-0.3, -0.25) is 4.18 Å². The molecular weight excluding hydrogens is 339 g/mol. The molecule has 0 aliphatic carbocycles. The van der Waals surface area contributed by atoms with Gasteiger partial charge in [0.05, 0.1) is 0 Å². The zero-order chi connectivity index (χ0) is 17.3. The van der Waals surface area contributed by atoms with E-state index in [1.54, 1.807) is 33.9 Å². The molecule has 4 nitrogen and oxygen atoms in total. The van der Waals surface area contributed by atoms with Crippen LogP contribution in [0.5, 0.6) is 0 Å². The van der Waals surface area contributed by atoms with Gasteiger partial charge in [0.15, 0.2) is 8.32 Å². The summed E-state index contributed by atoms with van der Waals surface area (Å²) >= 11 is 0. The van der Waals surface area contributed by atoms with E-state index >= 15 is 0 Å². The van der Waals surface area contributed by atoms with Crippen molar-refractivity contribution in [1.82, 2.24) is 0 Å². The van der Waals surface area contributed by atoms with Gasteiger partial charge in [-0.2, -0.15) is 21.6 Å². The van der Waals surface area contributed by atoms with E-state index in [1.807, 2.05) is 0 Å². The monoisotopic (exact) mass is 358 g/mol. The van der Waals surface area contributed by atoms with Crippen LogP contribution in [0.15, 0.2) is 0 Å². The zero-order valence-electron chi connectivity index (χ0n) is 12.3. The van der Waals surface area contributed by atoms with Crippen LogP contribution in [0, 0.1) is 0 Å². The molecule has 21 heavy (non-hydrogen) atoms. The van der Waals surface area contributed by atoms with Crippen molar-refractivity contribution in [1.29, 1.82) is 0 Å². The second-order valence-corrected chi connectivity index (χ2v) is 12.5. The molecule has 0 aliphatic rings. The minimum Gasteiger partial charge on any atom is -0.411 e. The molecule has 0 N–H and O–H groups in total. The molecule has 0 spiro atoms. The lowest BCUT2D eigenvalue weighted by Crippen LogP contribution is -2.45. The van der Waals surface area contributed by atoms with Crippen LogP contribution in [0.3, 0.4) is 0 Å². The number of halogens is 5. The molecule has 0 rings (SSSR count). The van der Waals surface area contributed by atoms with E-state index in [0.717, 1.165) is 0 Å². The first-order valence-electron chi connectivity index (χ1n) is 5.89. The number of hydrogen-bond donors (Lipinski definition) is 0. The summed E-state index contributed by atoms with van der Waals surface area (Å²) in [6.07, 6.45) is 0.